The van der Waals surface area contributed by atoms with Crippen molar-refractivity contribution < 1.29 is 23.1 Å². The van der Waals surface area contributed by atoms with Gasteiger partial charge in [-0.05, 0) is 6.42 Å². The number of carbonyl (C=O) groups excluding carboxylic acids is 1. The van der Waals surface area contributed by atoms with Gasteiger partial charge in [0.05, 0.1) is 23.3 Å². The molecule has 1 unspecified atom stereocenters. The van der Waals surface area contributed by atoms with Gasteiger partial charge in [0.1, 0.15) is 0 Å². The van der Waals surface area contributed by atoms with Crippen LogP contribution in [0.4, 0.5) is 0 Å². The number of hydrogen-bond acceptors (Lipinski definition) is 4. The van der Waals surface area contributed by atoms with Crippen molar-refractivity contribution >= 4 is 21.7 Å². The number of hydrogen-bond donors (Lipinski definition) is 1. The SMILES string of the molecule is O=C(O)C1CN(C(=O)C2CCS(=O)(=O)C2)C1. The highest BCUT2D eigenvalue weighted by Gasteiger charge is 2.41. The Balaban J connectivity index is 1.89. The average Bonchev–Trinajstić information content (AvgIpc) is 2.42. The molecule has 6 nitrogen and oxygen atoms in total. The molecule has 1 N–H and O–H groups in total. The Morgan fingerprint density at radius 3 is 2.25 bits per heavy atom. The molecule has 2 aliphatic rings. The highest BCUT2D eigenvalue weighted by Crippen LogP contribution is 2.25. The van der Waals surface area contributed by atoms with Gasteiger partial charge in [-0.3, -0.25) is 9.59 Å². The Kier molecular flexibility index (Phi) is 2.65. The van der Waals surface area contributed by atoms with E-state index in [0.717, 1.165) is 0 Å². The van der Waals surface area contributed by atoms with Gasteiger partial charge in [-0.25, -0.2) is 8.42 Å². The molecule has 0 bridgehead atoms. The Morgan fingerprint density at radius 2 is 1.81 bits per heavy atom. The van der Waals surface area contributed by atoms with Crippen molar-refractivity contribution in [3.05, 3.63) is 0 Å². The summed E-state index contributed by atoms with van der Waals surface area (Å²) in [6, 6.07) is 0. The highest BCUT2D eigenvalue weighted by molar-refractivity contribution is 7.91. The van der Waals surface area contributed by atoms with Crippen molar-refractivity contribution in [2.24, 2.45) is 11.8 Å². The molecule has 1 atom stereocenters. The van der Waals surface area contributed by atoms with Gasteiger partial charge in [0.25, 0.3) is 0 Å². The molecule has 90 valence electrons. The maximum Gasteiger partial charge on any atom is 0.310 e. The molecule has 0 aliphatic carbocycles. The zero-order valence-corrected chi connectivity index (χ0v) is 9.44. The minimum atomic E-state index is -3.05. The van der Waals surface area contributed by atoms with Crippen LogP contribution in [0.3, 0.4) is 0 Å². The van der Waals surface area contributed by atoms with E-state index >= 15 is 0 Å². The number of nitrogens with zero attached hydrogens (tertiary/aromatic N) is 1. The van der Waals surface area contributed by atoms with Crippen LogP contribution >= 0.6 is 0 Å². The average molecular weight is 247 g/mol. The number of carboxylic acids is 1. The number of aliphatic carboxylic acids is 1. The van der Waals surface area contributed by atoms with E-state index in [1.54, 1.807) is 0 Å². The van der Waals surface area contributed by atoms with E-state index < -0.39 is 27.6 Å². The van der Waals surface area contributed by atoms with Gasteiger partial charge in [-0.2, -0.15) is 0 Å². The molecular weight excluding hydrogens is 234 g/mol. The van der Waals surface area contributed by atoms with Crippen molar-refractivity contribution in [1.82, 2.24) is 4.90 Å². The summed E-state index contributed by atoms with van der Waals surface area (Å²) in [6.45, 7) is 0.426. The molecule has 0 spiro atoms. The van der Waals surface area contributed by atoms with E-state index in [2.05, 4.69) is 0 Å². The first-order valence-corrected chi connectivity index (χ1v) is 6.93. The van der Waals surface area contributed by atoms with Crippen molar-refractivity contribution in [1.29, 1.82) is 0 Å². The first kappa shape index (κ1) is 11.4. The fraction of sp³-hybridized carbons (Fsp3) is 0.778. The molecule has 2 saturated heterocycles. The van der Waals surface area contributed by atoms with Crippen LogP contribution < -0.4 is 0 Å². The van der Waals surface area contributed by atoms with Crippen LogP contribution in [-0.2, 0) is 19.4 Å². The number of amides is 1. The quantitative estimate of drug-likeness (QED) is 0.673. The molecule has 0 saturated carbocycles. The second-order valence-electron chi connectivity index (χ2n) is 4.38. The smallest absolute Gasteiger partial charge is 0.310 e. The van der Waals surface area contributed by atoms with Gasteiger partial charge in [0.2, 0.25) is 5.91 Å². The monoisotopic (exact) mass is 247 g/mol. The lowest BCUT2D eigenvalue weighted by Gasteiger charge is -2.38. The Bertz CT molecular complexity index is 423. The molecule has 0 radical (unpaired) electrons. The standard InChI is InChI=1S/C9H13NO5S/c11-8(6-1-2-16(14,15)5-6)10-3-7(4-10)9(12)13/h6-7H,1-5H2,(H,12,13). The molecule has 0 aromatic carbocycles. The fourth-order valence-electron chi connectivity index (χ4n) is 2.06. The second kappa shape index (κ2) is 3.73. The van der Waals surface area contributed by atoms with Gasteiger partial charge in [0, 0.05) is 13.1 Å². The molecule has 2 heterocycles. The van der Waals surface area contributed by atoms with E-state index in [1.807, 2.05) is 0 Å². The Labute approximate surface area is 93.1 Å². The Morgan fingerprint density at radius 1 is 1.19 bits per heavy atom. The predicted octanol–water partition coefficient (Wildman–Crippen LogP) is -1.04. The molecule has 0 aromatic rings. The third-order valence-corrected chi connectivity index (χ3v) is 4.89. The molecule has 1 amide bonds. The zero-order chi connectivity index (χ0) is 11.9. The van der Waals surface area contributed by atoms with Gasteiger partial charge >= 0.3 is 5.97 Å². The zero-order valence-electron chi connectivity index (χ0n) is 8.63. The maximum absolute atomic E-state index is 11.8. The van der Waals surface area contributed by atoms with Crippen molar-refractivity contribution in [2.75, 3.05) is 24.6 Å². The fourth-order valence-corrected chi connectivity index (χ4v) is 3.80. The summed E-state index contributed by atoms with van der Waals surface area (Å²) in [5.41, 5.74) is 0. The summed E-state index contributed by atoms with van der Waals surface area (Å²) in [5.74, 6) is -2.07. The molecule has 2 fully saturated rings. The summed E-state index contributed by atoms with van der Waals surface area (Å²) in [7, 11) is -3.05. The van der Waals surface area contributed by atoms with Crippen LogP contribution in [0.15, 0.2) is 0 Å². The minimum Gasteiger partial charge on any atom is -0.481 e. The number of rotatable bonds is 2. The van der Waals surface area contributed by atoms with Crippen LogP contribution in [0.5, 0.6) is 0 Å². The van der Waals surface area contributed by atoms with Crippen molar-refractivity contribution in [3.63, 3.8) is 0 Å². The maximum atomic E-state index is 11.8. The molecule has 2 rings (SSSR count). The summed E-state index contributed by atoms with van der Waals surface area (Å²) in [5, 5.41) is 8.65. The van der Waals surface area contributed by atoms with E-state index in [-0.39, 0.29) is 30.5 Å². The van der Waals surface area contributed by atoms with E-state index in [4.69, 9.17) is 5.11 Å². The number of sulfone groups is 1. The molecule has 16 heavy (non-hydrogen) atoms. The number of likely N-dealkylation sites (tertiary alicyclic amines) is 1. The predicted molar refractivity (Wildman–Crippen MR) is 54.5 cm³/mol. The van der Waals surface area contributed by atoms with Crippen LogP contribution in [0.25, 0.3) is 0 Å². The summed E-state index contributed by atoms with van der Waals surface area (Å²) in [4.78, 5) is 23.7. The first-order valence-electron chi connectivity index (χ1n) is 5.11. The number of carbonyl (C=O) groups is 2. The Hall–Kier alpha value is -1.11. The van der Waals surface area contributed by atoms with Gasteiger partial charge in [-0.15, -0.1) is 0 Å². The number of carboxylic acid groups (broad SMARTS) is 1. The molecular formula is C9H13NO5S. The van der Waals surface area contributed by atoms with Crippen LogP contribution in [0, 0.1) is 11.8 Å². The van der Waals surface area contributed by atoms with Crippen molar-refractivity contribution in [3.8, 4) is 0 Å². The lowest BCUT2D eigenvalue weighted by Crippen LogP contribution is -2.54. The molecule has 0 aromatic heterocycles. The van der Waals surface area contributed by atoms with Gasteiger partial charge < -0.3 is 10.0 Å². The van der Waals surface area contributed by atoms with E-state index in [1.165, 1.54) is 4.90 Å². The molecule has 2 aliphatic heterocycles. The summed E-state index contributed by atoms with van der Waals surface area (Å²) >= 11 is 0. The third kappa shape index (κ3) is 2.04. The topological polar surface area (TPSA) is 91.8 Å². The highest BCUT2D eigenvalue weighted by atomic mass is 32.2. The van der Waals surface area contributed by atoms with Gasteiger partial charge in [0.15, 0.2) is 9.84 Å². The third-order valence-electron chi connectivity index (χ3n) is 3.12. The lowest BCUT2D eigenvalue weighted by atomic mass is 9.97. The molecule has 7 heteroatoms. The minimum absolute atomic E-state index is 0.0691. The van der Waals surface area contributed by atoms with Crippen LogP contribution in [0.2, 0.25) is 0 Å². The lowest BCUT2D eigenvalue weighted by molar-refractivity contribution is -0.154. The second-order valence-corrected chi connectivity index (χ2v) is 6.61. The van der Waals surface area contributed by atoms with Crippen molar-refractivity contribution in [2.45, 2.75) is 6.42 Å². The van der Waals surface area contributed by atoms with E-state index in [0.29, 0.717) is 6.42 Å². The van der Waals surface area contributed by atoms with Crippen LogP contribution in [0.1, 0.15) is 6.42 Å². The summed E-state index contributed by atoms with van der Waals surface area (Å²) in [6.07, 6.45) is 0.370. The normalized spacial score (nSPS) is 28.8. The first-order chi connectivity index (χ1) is 7.39. The van der Waals surface area contributed by atoms with Crippen LogP contribution in [-0.4, -0.2) is 54.9 Å². The van der Waals surface area contributed by atoms with Gasteiger partial charge in [-0.1, -0.05) is 0 Å². The largest absolute Gasteiger partial charge is 0.481 e. The van der Waals surface area contributed by atoms with E-state index in [9.17, 15) is 18.0 Å². The summed E-state index contributed by atoms with van der Waals surface area (Å²) < 4.78 is 22.4.